The third-order valence-electron chi connectivity index (χ3n) is 2.47. The van der Waals surface area contributed by atoms with E-state index in [0.717, 1.165) is 11.6 Å². The number of aryl methyl sites for hydroxylation is 1. The zero-order valence-corrected chi connectivity index (χ0v) is 7.89. The molecule has 0 unspecified atom stereocenters. The molecule has 15 heavy (non-hydrogen) atoms. The third kappa shape index (κ3) is 1.75. The Hall–Kier alpha value is -1.71. The predicted octanol–water partition coefficient (Wildman–Crippen LogP) is 1.78. The Labute approximate surface area is 85.4 Å². The Balaban J connectivity index is 2.51. The van der Waals surface area contributed by atoms with E-state index in [2.05, 4.69) is 0 Å². The van der Waals surface area contributed by atoms with E-state index in [4.69, 9.17) is 5.73 Å². The molecule has 0 radical (unpaired) electrons. The van der Waals surface area contributed by atoms with Crippen LogP contribution in [0.4, 0.5) is 8.78 Å². The van der Waals surface area contributed by atoms with Gasteiger partial charge in [0.2, 0.25) is 5.91 Å². The maximum atomic E-state index is 13.0. The van der Waals surface area contributed by atoms with E-state index < -0.39 is 17.5 Å². The summed E-state index contributed by atoms with van der Waals surface area (Å²) < 4.78 is 25.8. The smallest absolute Gasteiger partial charge is 0.241 e. The Kier molecular flexibility index (Phi) is 2.26. The van der Waals surface area contributed by atoms with Crippen LogP contribution in [0.3, 0.4) is 0 Å². The first-order chi connectivity index (χ1) is 7.08. The molecule has 2 N–H and O–H groups in total. The van der Waals surface area contributed by atoms with E-state index in [1.54, 1.807) is 0 Å². The summed E-state index contributed by atoms with van der Waals surface area (Å²) in [4.78, 5) is 10.7. The number of allylic oxidation sites excluding steroid dienone is 1. The van der Waals surface area contributed by atoms with Gasteiger partial charge in [-0.25, -0.2) is 8.78 Å². The lowest BCUT2D eigenvalue weighted by Gasteiger charge is -2.01. The number of fused-ring (bicyclic) bond motifs is 1. The second-order valence-electron chi connectivity index (χ2n) is 3.50. The Morgan fingerprint density at radius 2 is 1.93 bits per heavy atom. The minimum absolute atomic E-state index is 0.567. The van der Waals surface area contributed by atoms with Crippen LogP contribution in [-0.4, -0.2) is 5.91 Å². The SMILES string of the molecule is NC(=O)/C=C1\CCc2cc(F)c(F)cc21. The van der Waals surface area contributed by atoms with E-state index in [1.807, 2.05) is 0 Å². The molecule has 1 aromatic rings. The first-order valence-electron chi connectivity index (χ1n) is 4.56. The van der Waals surface area contributed by atoms with Crippen molar-refractivity contribution >= 4 is 11.5 Å². The summed E-state index contributed by atoms with van der Waals surface area (Å²) in [6, 6.07) is 2.29. The largest absolute Gasteiger partial charge is 0.366 e. The zero-order valence-electron chi connectivity index (χ0n) is 7.89. The van der Waals surface area contributed by atoms with Crippen LogP contribution in [0.25, 0.3) is 5.57 Å². The van der Waals surface area contributed by atoms with Crippen molar-refractivity contribution in [2.24, 2.45) is 5.73 Å². The van der Waals surface area contributed by atoms with Crippen LogP contribution in [0.1, 0.15) is 17.5 Å². The fraction of sp³-hybridized carbons (Fsp3) is 0.182. The Bertz CT molecular complexity index is 466. The van der Waals surface area contributed by atoms with Gasteiger partial charge in [-0.15, -0.1) is 0 Å². The van der Waals surface area contributed by atoms with Gasteiger partial charge in [-0.1, -0.05) is 0 Å². The highest BCUT2D eigenvalue weighted by atomic mass is 19.2. The van der Waals surface area contributed by atoms with Crippen molar-refractivity contribution < 1.29 is 13.6 Å². The minimum atomic E-state index is -0.897. The summed E-state index contributed by atoms with van der Waals surface area (Å²) in [6.07, 6.45) is 2.48. The van der Waals surface area contributed by atoms with Gasteiger partial charge in [0.25, 0.3) is 0 Å². The summed E-state index contributed by atoms with van der Waals surface area (Å²) in [7, 11) is 0. The van der Waals surface area contributed by atoms with Crippen LogP contribution in [0, 0.1) is 11.6 Å². The van der Waals surface area contributed by atoms with Crippen molar-refractivity contribution in [3.05, 3.63) is 41.0 Å². The first-order valence-corrected chi connectivity index (χ1v) is 4.56. The van der Waals surface area contributed by atoms with E-state index in [9.17, 15) is 13.6 Å². The molecule has 0 spiro atoms. The molecular formula is C11H9F2NO. The number of carbonyl (C=O) groups is 1. The summed E-state index contributed by atoms with van der Waals surface area (Å²) in [5.74, 6) is -2.32. The molecule has 78 valence electrons. The lowest BCUT2D eigenvalue weighted by atomic mass is 10.1. The number of halogens is 2. The van der Waals surface area contributed by atoms with Crippen LogP contribution in [0.5, 0.6) is 0 Å². The van der Waals surface area contributed by atoms with Crippen molar-refractivity contribution in [2.45, 2.75) is 12.8 Å². The predicted molar refractivity (Wildman–Crippen MR) is 51.9 cm³/mol. The summed E-state index contributed by atoms with van der Waals surface area (Å²) >= 11 is 0. The number of rotatable bonds is 1. The van der Waals surface area contributed by atoms with Gasteiger partial charge in [-0.2, -0.15) is 0 Å². The average Bonchev–Trinajstić information content (AvgIpc) is 2.49. The molecule has 0 heterocycles. The van der Waals surface area contributed by atoms with Gasteiger partial charge >= 0.3 is 0 Å². The molecule has 0 atom stereocenters. The highest BCUT2D eigenvalue weighted by Gasteiger charge is 2.19. The highest BCUT2D eigenvalue weighted by Crippen LogP contribution is 2.33. The van der Waals surface area contributed by atoms with Crippen molar-refractivity contribution in [2.75, 3.05) is 0 Å². The molecular weight excluding hydrogens is 200 g/mol. The number of hydrogen-bond donors (Lipinski definition) is 1. The summed E-state index contributed by atoms with van der Waals surface area (Å²) in [6.45, 7) is 0. The molecule has 1 aliphatic carbocycles. The van der Waals surface area contributed by atoms with Crippen LogP contribution < -0.4 is 5.73 Å². The van der Waals surface area contributed by atoms with Gasteiger partial charge in [0, 0.05) is 6.08 Å². The normalized spacial score (nSPS) is 16.8. The molecule has 0 fully saturated rings. The van der Waals surface area contributed by atoms with Crippen LogP contribution in [-0.2, 0) is 11.2 Å². The molecule has 0 aliphatic heterocycles. The van der Waals surface area contributed by atoms with Gasteiger partial charge in [-0.3, -0.25) is 4.79 Å². The summed E-state index contributed by atoms with van der Waals surface area (Å²) in [5.41, 5.74) is 7.01. The number of carbonyl (C=O) groups excluding carboxylic acids is 1. The van der Waals surface area contributed by atoms with Gasteiger partial charge in [0.1, 0.15) is 0 Å². The molecule has 0 aromatic heterocycles. The van der Waals surface area contributed by atoms with Crippen molar-refractivity contribution in [1.82, 2.24) is 0 Å². The molecule has 1 aromatic carbocycles. The first kappa shape index (κ1) is 9.83. The molecule has 2 rings (SSSR count). The van der Waals surface area contributed by atoms with Gasteiger partial charge < -0.3 is 5.73 Å². The monoisotopic (exact) mass is 209 g/mol. The number of amides is 1. The van der Waals surface area contributed by atoms with Crippen molar-refractivity contribution in [1.29, 1.82) is 0 Å². The van der Waals surface area contributed by atoms with E-state index in [0.29, 0.717) is 24.0 Å². The van der Waals surface area contributed by atoms with E-state index >= 15 is 0 Å². The fourth-order valence-corrected chi connectivity index (χ4v) is 1.82. The third-order valence-corrected chi connectivity index (χ3v) is 2.47. The fourth-order valence-electron chi connectivity index (χ4n) is 1.82. The highest BCUT2D eigenvalue weighted by molar-refractivity contribution is 5.95. The molecule has 0 bridgehead atoms. The lowest BCUT2D eigenvalue weighted by molar-refractivity contribution is -0.113. The Morgan fingerprint density at radius 3 is 2.60 bits per heavy atom. The van der Waals surface area contributed by atoms with E-state index in [-0.39, 0.29) is 0 Å². The molecule has 4 heteroatoms. The number of hydrogen-bond acceptors (Lipinski definition) is 1. The molecule has 2 nitrogen and oxygen atoms in total. The molecule has 1 aliphatic rings. The molecule has 1 amide bonds. The van der Waals surface area contributed by atoms with E-state index in [1.165, 1.54) is 12.1 Å². The summed E-state index contributed by atoms with van der Waals surface area (Å²) in [5, 5.41) is 0. The molecule has 0 saturated heterocycles. The topological polar surface area (TPSA) is 43.1 Å². The van der Waals surface area contributed by atoms with Crippen molar-refractivity contribution in [3.8, 4) is 0 Å². The minimum Gasteiger partial charge on any atom is -0.366 e. The van der Waals surface area contributed by atoms with Gasteiger partial charge in [-0.05, 0) is 41.7 Å². The average molecular weight is 209 g/mol. The Morgan fingerprint density at radius 1 is 1.27 bits per heavy atom. The van der Waals surface area contributed by atoms with Crippen LogP contribution >= 0.6 is 0 Å². The maximum absolute atomic E-state index is 13.0. The zero-order chi connectivity index (χ0) is 11.0. The quantitative estimate of drug-likeness (QED) is 0.704. The second-order valence-corrected chi connectivity index (χ2v) is 3.50. The standard InChI is InChI=1S/C11H9F2NO/c12-9-3-6-1-2-7(4-11(14)15)8(6)5-10(9)13/h3-5H,1-2H2,(H2,14,15)/b7-4+. The number of nitrogens with two attached hydrogens (primary N) is 1. The van der Waals surface area contributed by atoms with Crippen LogP contribution in [0.2, 0.25) is 0 Å². The van der Waals surface area contributed by atoms with Crippen molar-refractivity contribution in [3.63, 3.8) is 0 Å². The number of benzene rings is 1. The van der Waals surface area contributed by atoms with Gasteiger partial charge in [0.05, 0.1) is 0 Å². The molecule has 0 saturated carbocycles. The lowest BCUT2D eigenvalue weighted by Crippen LogP contribution is -2.06. The second kappa shape index (κ2) is 3.46. The van der Waals surface area contributed by atoms with Gasteiger partial charge in [0.15, 0.2) is 11.6 Å². The van der Waals surface area contributed by atoms with Crippen LogP contribution in [0.15, 0.2) is 18.2 Å². The number of primary amides is 1. The maximum Gasteiger partial charge on any atom is 0.241 e.